The molecule has 17 heavy (non-hydrogen) atoms. The van der Waals surface area contributed by atoms with Crippen molar-refractivity contribution >= 4 is 11.5 Å². The van der Waals surface area contributed by atoms with E-state index in [0.717, 1.165) is 11.3 Å². The van der Waals surface area contributed by atoms with E-state index in [9.17, 15) is 10.1 Å². The summed E-state index contributed by atoms with van der Waals surface area (Å²) in [5.41, 5.74) is 2.30. The molecule has 2 heterocycles. The number of nitrogens with one attached hydrogen (secondary N) is 2. The number of nitro groups is 1. The third kappa shape index (κ3) is 2.39. The van der Waals surface area contributed by atoms with Crippen LogP contribution in [0.1, 0.15) is 11.3 Å². The van der Waals surface area contributed by atoms with E-state index in [0.29, 0.717) is 12.2 Å². The van der Waals surface area contributed by atoms with Gasteiger partial charge in [0.1, 0.15) is 11.9 Å². The van der Waals surface area contributed by atoms with Crippen LogP contribution in [-0.4, -0.2) is 20.1 Å². The summed E-state index contributed by atoms with van der Waals surface area (Å²) >= 11 is 0. The van der Waals surface area contributed by atoms with Crippen LogP contribution in [0.4, 0.5) is 11.5 Å². The van der Waals surface area contributed by atoms with Crippen molar-refractivity contribution in [1.82, 2.24) is 15.2 Å². The molecular weight excluding hydrogens is 222 g/mol. The summed E-state index contributed by atoms with van der Waals surface area (Å²) < 4.78 is 0. The number of H-pyrrole nitrogens is 1. The van der Waals surface area contributed by atoms with E-state index in [4.69, 9.17) is 0 Å². The van der Waals surface area contributed by atoms with Crippen molar-refractivity contribution in [2.75, 3.05) is 5.32 Å². The lowest BCUT2D eigenvalue weighted by molar-refractivity contribution is -0.388. The van der Waals surface area contributed by atoms with Gasteiger partial charge in [-0.1, -0.05) is 0 Å². The fourth-order valence-corrected chi connectivity index (χ4v) is 1.42. The van der Waals surface area contributed by atoms with Gasteiger partial charge in [-0.2, -0.15) is 5.10 Å². The first-order chi connectivity index (χ1) is 8.18. The van der Waals surface area contributed by atoms with Crippen molar-refractivity contribution in [2.45, 2.75) is 13.5 Å². The average Bonchev–Trinajstić information content (AvgIpc) is 2.72. The first kappa shape index (κ1) is 11.1. The monoisotopic (exact) mass is 233 g/mol. The molecule has 0 saturated carbocycles. The lowest BCUT2D eigenvalue weighted by Crippen LogP contribution is -2.04. The molecule has 2 aromatic rings. The van der Waals surface area contributed by atoms with Gasteiger partial charge in [0.15, 0.2) is 0 Å². The fraction of sp³-hybridized carbons (Fsp3) is 0.200. The molecular formula is C10H11N5O2. The summed E-state index contributed by atoms with van der Waals surface area (Å²) in [5.74, 6) is -0.173. The Morgan fingerprint density at radius 1 is 1.59 bits per heavy atom. The van der Waals surface area contributed by atoms with Crippen molar-refractivity contribution in [3.63, 3.8) is 0 Å². The molecule has 7 heteroatoms. The molecule has 0 atom stereocenters. The molecule has 0 bridgehead atoms. The van der Waals surface area contributed by atoms with Crippen molar-refractivity contribution in [3.05, 3.63) is 45.9 Å². The van der Waals surface area contributed by atoms with E-state index < -0.39 is 4.92 Å². The van der Waals surface area contributed by atoms with Gasteiger partial charge in [-0.05, 0) is 29.0 Å². The van der Waals surface area contributed by atoms with Gasteiger partial charge in [-0.15, -0.1) is 0 Å². The minimum absolute atomic E-state index is 0.173. The number of aromatic nitrogens is 3. The van der Waals surface area contributed by atoms with Crippen molar-refractivity contribution in [3.8, 4) is 0 Å². The van der Waals surface area contributed by atoms with Crippen molar-refractivity contribution < 1.29 is 4.92 Å². The fourth-order valence-electron chi connectivity index (χ4n) is 1.42. The Bertz CT molecular complexity index is 537. The maximum atomic E-state index is 10.7. The SMILES string of the molecule is Cc1[nH]ncc1CNc1cccnc1[N+](=O)[O-]. The van der Waals surface area contributed by atoms with Crippen LogP contribution in [-0.2, 0) is 6.54 Å². The van der Waals surface area contributed by atoms with Gasteiger partial charge in [0, 0.05) is 17.8 Å². The van der Waals surface area contributed by atoms with Gasteiger partial charge < -0.3 is 15.4 Å². The molecule has 0 spiro atoms. The van der Waals surface area contributed by atoms with Gasteiger partial charge in [-0.25, -0.2) is 0 Å². The highest BCUT2D eigenvalue weighted by Gasteiger charge is 2.13. The molecule has 0 saturated heterocycles. The van der Waals surface area contributed by atoms with Crippen LogP contribution >= 0.6 is 0 Å². The maximum Gasteiger partial charge on any atom is 0.386 e. The summed E-state index contributed by atoms with van der Waals surface area (Å²) in [6.45, 7) is 2.36. The predicted molar refractivity (Wildman–Crippen MR) is 61.5 cm³/mol. The lowest BCUT2D eigenvalue weighted by atomic mass is 10.2. The van der Waals surface area contributed by atoms with E-state index in [2.05, 4.69) is 20.5 Å². The molecule has 2 rings (SSSR count). The normalized spacial score (nSPS) is 10.2. The van der Waals surface area contributed by atoms with E-state index >= 15 is 0 Å². The Morgan fingerprint density at radius 3 is 3.06 bits per heavy atom. The number of rotatable bonds is 4. The summed E-state index contributed by atoms with van der Waals surface area (Å²) in [6.07, 6.45) is 3.08. The molecule has 2 aromatic heterocycles. The summed E-state index contributed by atoms with van der Waals surface area (Å²) in [4.78, 5) is 13.9. The van der Waals surface area contributed by atoms with Crippen molar-refractivity contribution in [1.29, 1.82) is 0 Å². The second-order valence-corrected chi connectivity index (χ2v) is 3.51. The maximum absolute atomic E-state index is 10.7. The number of pyridine rings is 1. The van der Waals surface area contributed by atoms with Crippen LogP contribution in [0.3, 0.4) is 0 Å². The zero-order valence-corrected chi connectivity index (χ0v) is 9.17. The Labute approximate surface area is 97.0 Å². The van der Waals surface area contributed by atoms with Gasteiger partial charge >= 0.3 is 5.82 Å². The highest BCUT2D eigenvalue weighted by molar-refractivity contribution is 5.56. The van der Waals surface area contributed by atoms with Gasteiger partial charge in [0.05, 0.1) is 6.20 Å². The first-order valence-corrected chi connectivity index (χ1v) is 5.00. The highest BCUT2D eigenvalue weighted by atomic mass is 16.6. The Morgan fingerprint density at radius 2 is 2.41 bits per heavy atom. The third-order valence-electron chi connectivity index (χ3n) is 2.36. The van der Waals surface area contributed by atoms with Crippen LogP contribution in [0.5, 0.6) is 0 Å². The minimum Gasteiger partial charge on any atom is -0.374 e. The number of hydrogen-bond acceptors (Lipinski definition) is 5. The second kappa shape index (κ2) is 4.60. The van der Waals surface area contributed by atoms with Gasteiger partial charge in [0.2, 0.25) is 0 Å². The van der Waals surface area contributed by atoms with Crippen LogP contribution in [0.15, 0.2) is 24.5 Å². The number of aryl methyl sites for hydroxylation is 1. The molecule has 0 unspecified atom stereocenters. The first-order valence-electron chi connectivity index (χ1n) is 5.00. The predicted octanol–water partition coefficient (Wildman–Crippen LogP) is 1.63. The van der Waals surface area contributed by atoms with Crippen LogP contribution < -0.4 is 5.32 Å². The van der Waals surface area contributed by atoms with Crippen molar-refractivity contribution in [2.24, 2.45) is 0 Å². The second-order valence-electron chi connectivity index (χ2n) is 3.51. The molecule has 0 aliphatic rings. The van der Waals surface area contributed by atoms with Gasteiger partial charge in [-0.3, -0.25) is 5.10 Å². The molecule has 0 aliphatic carbocycles. The topological polar surface area (TPSA) is 96.7 Å². The van der Waals surface area contributed by atoms with E-state index in [-0.39, 0.29) is 5.82 Å². The highest BCUT2D eigenvalue weighted by Crippen LogP contribution is 2.20. The number of anilines is 1. The van der Waals surface area contributed by atoms with E-state index in [1.54, 1.807) is 18.3 Å². The smallest absolute Gasteiger partial charge is 0.374 e. The molecule has 0 aliphatic heterocycles. The number of hydrogen-bond donors (Lipinski definition) is 2. The summed E-state index contributed by atoms with van der Waals surface area (Å²) in [7, 11) is 0. The molecule has 0 fully saturated rings. The Balaban J connectivity index is 2.14. The number of nitrogens with zero attached hydrogens (tertiary/aromatic N) is 3. The van der Waals surface area contributed by atoms with Crippen LogP contribution in [0.25, 0.3) is 0 Å². The van der Waals surface area contributed by atoms with E-state index in [1.165, 1.54) is 6.20 Å². The Hall–Kier alpha value is -2.44. The molecule has 2 N–H and O–H groups in total. The zero-order valence-electron chi connectivity index (χ0n) is 9.17. The third-order valence-corrected chi connectivity index (χ3v) is 2.36. The molecule has 0 radical (unpaired) electrons. The molecule has 0 amide bonds. The lowest BCUT2D eigenvalue weighted by Gasteiger charge is -2.05. The largest absolute Gasteiger partial charge is 0.386 e. The molecule has 7 nitrogen and oxygen atoms in total. The number of aromatic amines is 1. The molecule has 0 aromatic carbocycles. The zero-order chi connectivity index (χ0) is 12.3. The van der Waals surface area contributed by atoms with Gasteiger partial charge in [0.25, 0.3) is 0 Å². The summed E-state index contributed by atoms with van der Waals surface area (Å²) in [5, 5.41) is 20.4. The van der Waals surface area contributed by atoms with Crippen LogP contribution in [0.2, 0.25) is 0 Å². The van der Waals surface area contributed by atoms with Crippen LogP contribution in [0, 0.1) is 17.0 Å². The minimum atomic E-state index is -0.509. The quantitative estimate of drug-likeness (QED) is 0.618. The average molecular weight is 233 g/mol. The summed E-state index contributed by atoms with van der Waals surface area (Å²) in [6, 6.07) is 3.28. The standard InChI is InChI=1S/C10H11N5O2/c1-7-8(6-13-14-7)5-12-9-3-2-4-11-10(9)15(16)17/h2-4,6,12H,5H2,1H3,(H,13,14). The molecule has 88 valence electrons. The van der Waals surface area contributed by atoms with E-state index in [1.807, 2.05) is 6.92 Å². The Kier molecular flexibility index (Phi) is 2.99.